The number of nitrogens with one attached hydrogen (secondary N) is 2. The maximum atomic E-state index is 12.1. The molecule has 1 heterocycles. The first-order valence-corrected chi connectivity index (χ1v) is 10.1. The highest BCUT2D eigenvalue weighted by molar-refractivity contribution is 6.31. The average molecular weight is 426 g/mol. The predicted molar refractivity (Wildman–Crippen MR) is 118 cm³/mol. The van der Waals surface area contributed by atoms with Gasteiger partial charge in [-0.25, -0.2) is 4.98 Å². The van der Waals surface area contributed by atoms with Gasteiger partial charge >= 0.3 is 0 Å². The molecule has 3 aromatic rings. The van der Waals surface area contributed by atoms with Crippen molar-refractivity contribution in [1.29, 1.82) is 0 Å². The van der Waals surface area contributed by atoms with E-state index in [4.69, 9.17) is 16.0 Å². The Morgan fingerprint density at radius 2 is 1.87 bits per heavy atom. The Bertz CT molecular complexity index is 1080. The molecule has 3 rings (SSSR count). The Kier molecular flexibility index (Phi) is 6.90. The summed E-state index contributed by atoms with van der Waals surface area (Å²) in [6.45, 7) is 5.80. The number of carbonyl (C=O) groups excluding carboxylic acids is 2. The molecule has 2 amide bonds. The van der Waals surface area contributed by atoms with E-state index < -0.39 is 0 Å². The van der Waals surface area contributed by atoms with Crippen LogP contribution in [0.2, 0.25) is 5.02 Å². The summed E-state index contributed by atoms with van der Waals surface area (Å²) in [5.41, 5.74) is 4.75. The fourth-order valence-corrected chi connectivity index (χ4v) is 3.05. The SMILES string of the molecule is Cc1ccc(-c2cnc(CCC(=O)NCC(=O)Nc3cccc(Cl)c3C)o2)cc1C. The molecule has 0 saturated heterocycles. The fourth-order valence-electron chi connectivity index (χ4n) is 2.88. The molecular weight excluding hydrogens is 402 g/mol. The summed E-state index contributed by atoms with van der Waals surface area (Å²) < 4.78 is 5.76. The van der Waals surface area contributed by atoms with Crippen LogP contribution in [0.3, 0.4) is 0 Å². The molecule has 0 unspecified atom stereocenters. The molecule has 156 valence electrons. The third-order valence-corrected chi connectivity index (χ3v) is 5.31. The maximum absolute atomic E-state index is 12.1. The van der Waals surface area contributed by atoms with Gasteiger partial charge in [0.05, 0.1) is 12.7 Å². The minimum atomic E-state index is -0.318. The van der Waals surface area contributed by atoms with Crippen molar-refractivity contribution in [2.75, 3.05) is 11.9 Å². The summed E-state index contributed by atoms with van der Waals surface area (Å²) in [5.74, 6) is 0.586. The van der Waals surface area contributed by atoms with Crippen molar-refractivity contribution in [3.63, 3.8) is 0 Å². The zero-order valence-electron chi connectivity index (χ0n) is 17.2. The van der Waals surface area contributed by atoms with Gasteiger partial charge in [0.2, 0.25) is 11.8 Å². The van der Waals surface area contributed by atoms with Crippen LogP contribution in [0.5, 0.6) is 0 Å². The third-order valence-electron chi connectivity index (χ3n) is 4.90. The van der Waals surface area contributed by atoms with Gasteiger partial charge in [0, 0.05) is 29.1 Å². The summed E-state index contributed by atoms with van der Waals surface area (Å²) in [4.78, 5) is 28.4. The molecule has 0 aliphatic rings. The quantitative estimate of drug-likeness (QED) is 0.579. The van der Waals surface area contributed by atoms with Crippen LogP contribution in [-0.2, 0) is 16.0 Å². The number of carbonyl (C=O) groups is 2. The highest BCUT2D eigenvalue weighted by Gasteiger charge is 2.12. The lowest BCUT2D eigenvalue weighted by atomic mass is 10.1. The minimum Gasteiger partial charge on any atom is -0.441 e. The fraction of sp³-hybridized carbons (Fsp3) is 0.261. The number of hydrogen-bond donors (Lipinski definition) is 2. The number of nitrogens with zero attached hydrogens (tertiary/aromatic N) is 1. The van der Waals surface area contributed by atoms with Crippen LogP contribution in [0, 0.1) is 20.8 Å². The second kappa shape index (κ2) is 9.59. The van der Waals surface area contributed by atoms with E-state index in [-0.39, 0.29) is 24.8 Å². The van der Waals surface area contributed by atoms with Gasteiger partial charge in [-0.05, 0) is 55.7 Å². The molecule has 30 heavy (non-hydrogen) atoms. The van der Waals surface area contributed by atoms with Gasteiger partial charge in [-0.1, -0.05) is 29.8 Å². The molecule has 0 aliphatic carbocycles. The second-order valence-electron chi connectivity index (χ2n) is 7.15. The van der Waals surface area contributed by atoms with Crippen molar-refractivity contribution in [3.05, 3.63) is 70.2 Å². The number of hydrogen-bond acceptors (Lipinski definition) is 4. The molecule has 7 heteroatoms. The molecule has 0 aliphatic heterocycles. The lowest BCUT2D eigenvalue weighted by Gasteiger charge is -2.10. The summed E-state index contributed by atoms with van der Waals surface area (Å²) in [7, 11) is 0. The van der Waals surface area contributed by atoms with E-state index in [0.717, 1.165) is 11.1 Å². The zero-order valence-corrected chi connectivity index (χ0v) is 18.0. The average Bonchev–Trinajstić information content (AvgIpc) is 3.19. The standard InChI is InChI=1S/C23H24ClN3O3/c1-14-7-8-17(11-15(14)2)20-12-26-23(30-20)10-9-21(28)25-13-22(29)27-19-6-4-5-18(24)16(19)3/h4-8,11-12H,9-10,13H2,1-3H3,(H,25,28)(H,27,29). The first-order valence-electron chi connectivity index (χ1n) is 9.67. The Labute approximate surface area is 180 Å². The third kappa shape index (κ3) is 5.48. The molecule has 0 radical (unpaired) electrons. The van der Waals surface area contributed by atoms with Crippen molar-refractivity contribution in [3.8, 4) is 11.3 Å². The minimum absolute atomic E-state index is 0.121. The Morgan fingerprint density at radius 1 is 1.07 bits per heavy atom. The molecule has 0 saturated carbocycles. The number of halogens is 1. The van der Waals surface area contributed by atoms with E-state index in [9.17, 15) is 9.59 Å². The number of aryl methyl sites for hydroxylation is 3. The molecule has 0 bridgehead atoms. The summed E-state index contributed by atoms with van der Waals surface area (Å²) >= 11 is 6.04. The van der Waals surface area contributed by atoms with Crippen LogP contribution in [0.1, 0.15) is 29.0 Å². The highest BCUT2D eigenvalue weighted by Crippen LogP contribution is 2.24. The normalized spacial score (nSPS) is 10.7. The molecule has 0 spiro atoms. The van der Waals surface area contributed by atoms with Crippen LogP contribution in [0.4, 0.5) is 5.69 Å². The monoisotopic (exact) mass is 425 g/mol. The van der Waals surface area contributed by atoms with Crippen LogP contribution < -0.4 is 10.6 Å². The van der Waals surface area contributed by atoms with Gasteiger partial charge < -0.3 is 15.1 Å². The molecular formula is C23H24ClN3O3. The first-order chi connectivity index (χ1) is 14.3. The van der Waals surface area contributed by atoms with E-state index in [1.165, 1.54) is 11.1 Å². The van der Waals surface area contributed by atoms with Crippen LogP contribution in [-0.4, -0.2) is 23.3 Å². The van der Waals surface area contributed by atoms with E-state index >= 15 is 0 Å². The summed E-state index contributed by atoms with van der Waals surface area (Å²) in [5, 5.41) is 5.92. The zero-order chi connectivity index (χ0) is 21.7. The number of rotatable bonds is 7. The van der Waals surface area contributed by atoms with E-state index in [1.807, 2.05) is 32.0 Å². The Balaban J connectivity index is 1.47. The van der Waals surface area contributed by atoms with Gasteiger partial charge in [0.25, 0.3) is 0 Å². The summed E-state index contributed by atoms with van der Waals surface area (Å²) in [6.07, 6.45) is 2.19. The van der Waals surface area contributed by atoms with E-state index in [0.29, 0.717) is 28.8 Å². The van der Waals surface area contributed by atoms with Crippen molar-refractivity contribution >= 4 is 29.1 Å². The lowest BCUT2D eigenvalue weighted by molar-refractivity contribution is -0.124. The molecule has 0 fully saturated rings. The Morgan fingerprint density at radius 3 is 2.63 bits per heavy atom. The van der Waals surface area contributed by atoms with Crippen molar-refractivity contribution in [2.45, 2.75) is 33.6 Å². The van der Waals surface area contributed by atoms with Gasteiger partial charge in [-0.2, -0.15) is 0 Å². The van der Waals surface area contributed by atoms with E-state index in [2.05, 4.69) is 22.5 Å². The topological polar surface area (TPSA) is 84.2 Å². The molecule has 6 nitrogen and oxygen atoms in total. The molecule has 2 N–H and O–H groups in total. The number of anilines is 1. The molecule has 1 aromatic heterocycles. The number of aromatic nitrogens is 1. The van der Waals surface area contributed by atoms with Crippen LogP contribution >= 0.6 is 11.6 Å². The molecule has 0 atom stereocenters. The van der Waals surface area contributed by atoms with Gasteiger partial charge in [-0.3, -0.25) is 9.59 Å². The number of oxazole rings is 1. The molecule has 2 aromatic carbocycles. The first kappa shape index (κ1) is 21.6. The number of benzene rings is 2. The van der Waals surface area contributed by atoms with Gasteiger partial charge in [0.15, 0.2) is 11.7 Å². The lowest BCUT2D eigenvalue weighted by Crippen LogP contribution is -2.33. The van der Waals surface area contributed by atoms with Crippen LogP contribution in [0.15, 0.2) is 47.0 Å². The largest absolute Gasteiger partial charge is 0.441 e. The Hall–Kier alpha value is -3.12. The second-order valence-corrected chi connectivity index (χ2v) is 7.56. The van der Waals surface area contributed by atoms with Crippen molar-refractivity contribution in [1.82, 2.24) is 10.3 Å². The maximum Gasteiger partial charge on any atom is 0.243 e. The highest BCUT2D eigenvalue weighted by atomic mass is 35.5. The van der Waals surface area contributed by atoms with Crippen LogP contribution in [0.25, 0.3) is 11.3 Å². The van der Waals surface area contributed by atoms with Crippen molar-refractivity contribution in [2.24, 2.45) is 0 Å². The van der Waals surface area contributed by atoms with Gasteiger partial charge in [0.1, 0.15) is 0 Å². The van der Waals surface area contributed by atoms with Gasteiger partial charge in [-0.15, -0.1) is 0 Å². The summed E-state index contributed by atoms with van der Waals surface area (Å²) in [6, 6.07) is 11.3. The number of amides is 2. The van der Waals surface area contributed by atoms with E-state index in [1.54, 1.807) is 24.4 Å². The smallest absolute Gasteiger partial charge is 0.243 e. The predicted octanol–water partition coefficient (Wildman–Crippen LogP) is 4.61. The van der Waals surface area contributed by atoms with Crippen molar-refractivity contribution < 1.29 is 14.0 Å².